The number of hydrogen-bond donors (Lipinski definition) is 1. The number of carbonyl (C=O) groups excluding carboxylic acids is 1. The minimum Gasteiger partial charge on any atom is -0.497 e. The summed E-state index contributed by atoms with van der Waals surface area (Å²) >= 11 is 12.4. The highest BCUT2D eigenvalue weighted by Gasteiger charge is 2.17. The molecule has 1 amide bonds. The summed E-state index contributed by atoms with van der Waals surface area (Å²) < 4.78 is 26.0. The molecular weight excluding hydrogens is 554 g/mol. The molecule has 0 atom stereocenters. The normalized spacial score (nSPS) is 10.8. The summed E-state index contributed by atoms with van der Waals surface area (Å²) in [4.78, 5) is 17.3. The predicted molar refractivity (Wildman–Crippen MR) is 153 cm³/mol. The van der Waals surface area contributed by atoms with Crippen LogP contribution >= 0.6 is 23.2 Å². The van der Waals surface area contributed by atoms with E-state index in [2.05, 4.69) is 15.4 Å². The van der Waals surface area contributed by atoms with Crippen LogP contribution in [0.1, 0.15) is 15.9 Å². The fourth-order valence-corrected chi connectivity index (χ4v) is 4.23. The van der Waals surface area contributed by atoms with Crippen molar-refractivity contribution in [3.05, 3.63) is 118 Å². The van der Waals surface area contributed by atoms with E-state index >= 15 is 0 Å². The molecule has 0 saturated carbocycles. The molecule has 0 spiro atoms. The highest BCUT2D eigenvalue weighted by Crippen LogP contribution is 2.30. The van der Waals surface area contributed by atoms with Crippen LogP contribution in [0.3, 0.4) is 0 Å². The molecule has 0 unspecified atom stereocenters. The number of halogens is 3. The zero-order valence-electron chi connectivity index (χ0n) is 21.3. The number of rotatable bonds is 9. The molecule has 0 aliphatic rings. The Balaban J connectivity index is 1.41. The Morgan fingerprint density at radius 3 is 2.45 bits per heavy atom. The van der Waals surface area contributed by atoms with Crippen molar-refractivity contribution in [2.24, 2.45) is 0 Å². The molecule has 4 aromatic carbocycles. The summed E-state index contributed by atoms with van der Waals surface area (Å²) in [6.07, 6.45) is 0.644. The van der Waals surface area contributed by atoms with Crippen molar-refractivity contribution in [3.63, 3.8) is 0 Å². The summed E-state index contributed by atoms with van der Waals surface area (Å²) in [7, 11) is 1.63. The first-order chi connectivity index (χ1) is 19.4. The van der Waals surface area contributed by atoms with Crippen LogP contribution in [-0.4, -0.2) is 34.4 Å². The average molecular weight is 577 g/mol. The summed E-state index contributed by atoms with van der Waals surface area (Å²) in [6.45, 7) is 0.352. The van der Waals surface area contributed by atoms with Gasteiger partial charge in [-0.25, -0.2) is 9.07 Å². The number of hydrogen-bond acceptors (Lipinski definition) is 5. The quantitative estimate of drug-likeness (QED) is 0.200. The van der Waals surface area contributed by atoms with E-state index in [1.165, 1.54) is 24.3 Å². The fourth-order valence-electron chi connectivity index (χ4n) is 3.93. The summed E-state index contributed by atoms with van der Waals surface area (Å²) in [5, 5.41) is 8.20. The maximum Gasteiger partial charge on any atom is 0.336 e. The number of ether oxygens (including phenoxy) is 2. The van der Waals surface area contributed by atoms with Gasteiger partial charge in [0, 0.05) is 23.2 Å². The first kappa shape index (κ1) is 27.2. The molecule has 10 heteroatoms. The third-order valence-corrected chi connectivity index (χ3v) is 6.74. The molecule has 1 aromatic heterocycles. The van der Waals surface area contributed by atoms with Crippen LogP contribution in [-0.2, 0) is 6.42 Å². The number of methoxy groups -OCH3 is 1. The molecule has 0 radical (unpaired) electrons. The number of amides is 1. The lowest BCUT2D eigenvalue weighted by molar-refractivity contribution is 0.102. The molecule has 7 nitrogen and oxygen atoms in total. The zero-order chi connectivity index (χ0) is 28.1. The Morgan fingerprint density at radius 1 is 0.950 bits per heavy atom. The zero-order valence-corrected chi connectivity index (χ0v) is 22.8. The highest BCUT2D eigenvalue weighted by atomic mass is 35.5. The van der Waals surface area contributed by atoms with Crippen molar-refractivity contribution >= 4 is 34.8 Å². The molecule has 5 rings (SSSR count). The van der Waals surface area contributed by atoms with E-state index in [4.69, 9.17) is 32.7 Å². The third kappa shape index (κ3) is 6.42. The van der Waals surface area contributed by atoms with Gasteiger partial charge >= 0.3 is 6.01 Å². The second-order valence-electron chi connectivity index (χ2n) is 8.72. The Labute approximate surface area is 240 Å². The second kappa shape index (κ2) is 12.2. The lowest BCUT2D eigenvalue weighted by Gasteiger charge is -2.10. The second-order valence-corrected chi connectivity index (χ2v) is 9.53. The molecule has 0 aliphatic carbocycles. The lowest BCUT2D eigenvalue weighted by Crippen LogP contribution is -2.12. The Hall–Kier alpha value is -4.40. The largest absolute Gasteiger partial charge is 0.497 e. The molecular formula is C30H23Cl2FN4O3. The molecule has 202 valence electrons. The van der Waals surface area contributed by atoms with Gasteiger partial charge in [-0.1, -0.05) is 41.4 Å². The van der Waals surface area contributed by atoms with Crippen molar-refractivity contribution in [1.29, 1.82) is 0 Å². The first-order valence-electron chi connectivity index (χ1n) is 12.2. The molecule has 5 aromatic rings. The van der Waals surface area contributed by atoms with Gasteiger partial charge in [-0.2, -0.15) is 4.98 Å². The standard InChI is InChI=1S/C30H23Cl2FN4O3/c1-39-25-12-5-19(6-13-25)15-16-40-30-35-28(21-9-14-26(31)27(32)17-21)37(36-30)24-4-2-3-23(18-24)34-29(38)20-7-10-22(33)11-8-20/h2-14,17-18H,15-16H2,1H3,(H,34,38). The van der Waals surface area contributed by atoms with E-state index in [0.29, 0.717) is 51.4 Å². The van der Waals surface area contributed by atoms with Gasteiger partial charge in [0.15, 0.2) is 5.82 Å². The predicted octanol–water partition coefficient (Wildman–Crippen LogP) is 7.26. The fraction of sp³-hybridized carbons (Fsp3) is 0.100. The number of nitrogens with zero attached hydrogens (tertiary/aromatic N) is 3. The van der Waals surface area contributed by atoms with E-state index in [0.717, 1.165) is 11.3 Å². The molecule has 0 bridgehead atoms. The first-order valence-corrected chi connectivity index (χ1v) is 13.0. The minimum atomic E-state index is -0.415. The number of nitrogens with one attached hydrogen (secondary N) is 1. The lowest BCUT2D eigenvalue weighted by atomic mass is 10.1. The van der Waals surface area contributed by atoms with E-state index in [1.807, 2.05) is 30.3 Å². The van der Waals surface area contributed by atoms with Gasteiger partial charge in [0.2, 0.25) is 0 Å². The van der Waals surface area contributed by atoms with E-state index in [-0.39, 0.29) is 11.9 Å². The van der Waals surface area contributed by atoms with Crippen molar-refractivity contribution in [1.82, 2.24) is 14.8 Å². The summed E-state index contributed by atoms with van der Waals surface area (Å²) in [5.74, 6) is 0.469. The van der Waals surface area contributed by atoms with Gasteiger partial charge in [0.1, 0.15) is 11.6 Å². The van der Waals surface area contributed by atoms with Crippen molar-refractivity contribution in [2.45, 2.75) is 6.42 Å². The van der Waals surface area contributed by atoms with E-state index in [1.54, 1.807) is 48.2 Å². The molecule has 40 heavy (non-hydrogen) atoms. The monoisotopic (exact) mass is 576 g/mol. The maximum absolute atomic E-state index is 13.3. The summed E-state index contributed by atoms with van der Waals surface area (Å²) in [6, 6.07) is 25.5. The average Bonchev–Trinajstić information content (AvgIpc) is 3.39. The van der Waals surface area contributed by atoms with Crippen LogP contribution in [0.15, 0.2) is 91.0 Å². The van der Waals surface area contributed by atoms with E-state index < -0.39 is 5.82 Å². The van der Waals surface area contributed by atoms with Gasteiger partial charge in [-0.05, 0) is 78.4 Å². The van der Waals surface area contributed by atoms with Crippen molar-refractivity contribution < 1.29 is 18.7 Å². The number of anilines is 1. The molecule has 0 fully saturated rings. The molecule has 1 heterocycles. The van der Waals surface area contributed by atoms with Gasteiger partial charge in [0.05, 0.1) is 29.4 Å². The topological polar surface area (TPSA) is 78.3 Å². The Kier molecular flexibility index (Phi) is 8.28. The molecule has 0 aliphatic heterocycles. The molecule has 1 N–H and O–H groups in total. The van der Waals surface area contributed by atoms with Crippen LogP contribution in [0.2, 0.25) is 10.0 Å². The van der Waals surface area contributed by atoms with Gasteiger partial charge in [-0.15, -0.1) is 5.10 Å². The van der Waals surface area contributed by atoms with Gasteiger partial charge in [0.25, 0.3) is 5.91 Å². The van der Waals surface area contributed by atoms with Crippen LogP contribution < -0.4 is 14.8 Å². The van der Waals surface area contributed by atoms with Gasteiger partial charge in [-0.3, -0.25) is 4.79 Å². The number of aromatic nitrogens is 3. The van der Waals surface area contributed by atoms with Gasteiger partial charge < -0.3 is 14.8 Å². The van der Waals surface area contributed by atoms with Crippen molar-refractivity contribution in [2.75, 3.05) is 19.0 Å². The molecule has 0 saturated heterocycles. The van der Waals surface area contributed by atoms with Crippen LogP contribution in [0.25, 0.3) is 17.1 Å². The Bertz CT molecular complexity index is 1640. The highest BCUT2D eigenvalue weighted by molar-refractivity contribution is 6.42. The SMILES string of the molecule is COc1ccc(CCOc2nc(-c3ccc(Cl)c(Cl)c3)n(-c3cccc(NC(=O)c4ccc(F)cc4)c3)n2)cc1. The number of benzene rings is 4. The number of carbonyl (C=O) groups is 1. The maximum atomic E-state index is 13.3. The van der Waals surface area contributed by atoms with Crippen molar-refractivity contribution in [3.8, 4) is 28.8 Å². The minimum absolute atomic E-state index is 0.176. The third-order valence-electron chi connectivity index (χ3n) is 6.00. The van der Waals surface area contributed by atoms with Crippen LogP contribution in [0, 0.1) is 5.82 Å². The van der Waals surface area contributed by atoms with E-state index in [9.17, 15) is 9.18 Å². The van der Waals surface area contributed by atoms with Crippen LogP contribution in [0.5, 0.6) is 11.8 Å². The smallest absolute Gasteiger partial charge is 0.336 e. The Morgan fingerprint density at radius 2 is 1.73 bits per heavy atom. The summed E-state index contributed by atoms with van der Waals surface area (Å²) in [5.41, 5.74) is 3.22. The van der Waals surface area contributed by atoms with Crippen LogP contribution in [0.4, 0.5) is 10.1 Å².